The minimum absolute atomic E-state index is 0.0136. The molecular formula is C11H23NO3. The molecule has 1 aliphatic heterocycles. The average Bonchev–Trinajstić information content (AvgIpc) is 2.65. The van der Waals surface area contributed by atoms with E-state index in [9.17, 15) is 0 Å². The first-order chi connectivity index (χ1) is 7.11. The van der Waals surface area contributed by atoms with Crippen LogP contribution < -0.4 is 5.32 Å². The minimum atomic E-state index is -0.199. The van der Waals surface area contributed by atoms with E-state index < -0.39 is 0 Å². The predicted octanol–water partition coefficient (Wildman–Crippen LogP) is 1.15. The third-order valence-corrected chi connectivity index (χ3v) is 2.97. The van der Waals surface area contributed by atoms with E-state index in [0.717, 1.165) is 26.0 Å². The Labute approximate surface area is 92.3 Å². The second-order valence-electron chi connectivity index (χ2n) is 4.41. The normalized spacial score (nSPS) is 28.6. The number of ether oxygens (including phenoxy) is 3. The number of rotatable bonds is 6. The van der Waals surface area contributed by atoms with Gasteiger partial charge in [-0.1, -0.05) is 0 Å². The zero-order chi connectivity index (χ0) is 11.3. The lowest BCUT2D eigenvalue weighted by Crippen LogP contribution is -2.46. The van der Waals surface area contributed by atoms with Gasteiger partial charge in [-0.25, -0.2) is 0 Å². The van der Waals surface area contributed by atoms with Crippen LogP contribution in [0.15, 0.2) is 0 Å². The van der Waals surface area contributed by atoms with E-state index in [1.807, 2.05) is 0 Å². The van der Waals surface area contributed by atoms with E-state index in [1.54, 1.807) is 14.2 Å². The summed E-state index contributed by atoms with van der Waals surface area (Å²) in [7, 11) is 3.31. The zero-order valence-corrected chi connectivity index (χ0v) is 10.2. The van der Waals surface area contributed by atoms with Gasteiger partial charge in [0, 0.05) is 27.4 Å². The van der Waals surface area contributed by atoms with Crippen molar-refractivity contribution in [3.63, 3.8) is 0 Å². The second kappa shape index (κ2) is 5.80. The van der Waals surface area contributed by atoms with Crippen LogP contribution in [0.3, 0.4) is 0 Å². The van der Waals surface area contributed by atoms with Gasteiger partial charge in [0.15, 0.2) is 6.29 Å². The predicted molar refractivity (Wildman–Crippen MR) is 58.9 cm³/mol. The van der Waals surface area contributed by atoms with Gasteiger partial charge in [0.05, 0.1) is 11.6 Å². The molecule has 15 heavy (non-hydrogen) atoms. The molecule has 2 unspecified atom stereocenters. The van der Waals surface area contributed by atoms with Crippen LogP contribution in [0.2, 0.25) is 0 Å². The summed E-state index contributed by atoms with van der Waals surface area (Å²) >= 11 is 0. The van der Waals surface area contributed by atoms with Crippen LogP contribution >= 0.6 is 0 Å². The van der Waals surface area contributed by atoms with Crippen LogP contribution in [-0.4, -0.2) is 45.3 Å². The average molecular weight is 217 g/mol. The molecule has 0 aromatic rings. The van der Waals surface area contributed by atoms with Crippen molar-refractivity contribution in [2.45, 2.75) is 44.6 Å². The van der Waals surface area contributed by atoms with Crippen molar-refractivity contribution in [1.82, 2.24) is 5.32 Å². The molecule has 1 rings (SSSR count). The van der Waals surface area contributed by atoms with Crippen molar-refractivity contribution >= 4 is 0 Å². The Hall–Kier alpha value is -0.160. The highest BCUT2D eigenvalue weighted by molar-refractivity contribution is 4.83. The molecule has 0 aromatic carbocycles. The number of methoxy groups -OCH3 is 2. The molecule has 0 saturated carbocycles. The lowest BCUT2D eigenvalue weighted by Gasteiger charge is -2.28. The molecule has 0 spiro atoms. The van der Waals surface area contributed by atoms with Gasteiger partial charge in [0.25, 0.3) is 0 Å². The Bertz CT molecular complexity index is 177. The van der Waals surface area contributed by atoms with E-state index in [2.05, 4.69) is 19.2 Å². The smallest absolute Gasteiger partial charge is 0.171 e. The van der Waals surface area contributed by atoms with E-state index in [0.29, 0.717) is 0 Å². The number of hydrogen-bond donors (Lipinski definition) is 1. The van der Waals surface area contributed by atoms with Gasteiger partial charge in [-0.2, -0.15) is 0 Å². The van der Waals surface area contributed by atoms with Crippen LogP contribution in [0, 0.1) is 0 Å². The van der Waals surface area contributed by atoms with Gasteiger partial charge >= 0.3 is 0 Å². The molecule has 1 N–H and O–H groups in total. The van der Waals surface area contributed by atoms with Crippen LogP contribution in [0.5, 0.6) is 0 Å². The summed E-state index contributed by atoms with van der Waals surface area (Å²) in [4.78, 5) is 0. The first-order valence-corrected chi connectivity index (χ1v) is 5.54. The fourth-order valence-corrected chi connectivity index (χ4v) is 1.95. The van der Waals surface area contributed by atoms with E-state index in [1.165, 1.54) is 0 Å². The molecule has 90 valence electrons. The van der Waals surface area contributed by atoms with Crippen molar-refractivity contribution in [2.24, 2.45) is 0 Å². The third kappa shape index (κ3) is 3.72. The second-order valence-corrected chi connectivity index (χ2v) is 4.41. The summed E-state index contributed by atoms with van der Waals surface area (Å²) in [6.07, 6.45) is 2.08. The minimum Gasteiger partial charge on any atom is -0.374 e. The first-order valence-electron chi connectivity index (χ1n) is 5.54. The Kier molecular flexibility index (Phi) is 4.99. The molecular weight excluding hydrogens is 194 g/mol. The van der Waals surface area contributed by atoms with Gasteiger partial charge in [-0.05, 0) is 26.7 Å². The summed E-state index contributed by atoms with van der Waals surface area (Å²) < 4.78 is 16.1. The topological polar surface area (TPSA) is 39.7 Å². The van der Waals surface area contributed by atoms with Gasteiger partial charge in [0.2, 0.25) is 0 Å². The van der Waals surface area contributed by atoms with Crippen molar-refractivity contribution in [2.75, 3.05) is 27.4 Å². The number of hydrogen-bond acceptors (Lipinski definition) is 4. The standard InChI is InChI=1S/C11H23NO3/c1-9(10(13-3)14-4)12-8-11(2)6-5-7-15-11/h9-10,12H,5-8H2,1-4H3. The van der Waals surface area contributed by atoms with Crippen molar-refractivity contribution in [3.8, 4) is 0 Å². The Morgan fingerprint density at radius 1 is 1.40 bits per heavy atom. The van der Waals surface area contributed by atoms with Gasteiger partial charge in [-0.15, -0.1) is 0 Å². The largest absolute Gasteiger partial charge is 0.374 e. The van der Waals surface area contributed by atoms with Gasteiger partial charge in [-0.3, -0.25) is 0 Å². The molecule has 4 heteroatoms. The molecule has 0 aliphatic carbocycles. The Balaban J connectivity index is 2.29. The fourth-order valence-electron chi connectivity index (χ4n) is 1.95. The molecule has 4 nitrogen and oxygen atoms in total. The summed E-state index contributed by atoms with van der Waals surface area (Å²) in [6, 6.07) is 0.168. The quantitative estimate of drug-likeness (QED) is 0.678. The summed E-state index contributed by atoms with van der Waals surface area (Å²) in [5.74, 6) is 0. The Morgan fingerprint density at radius 2 is 2.07 bits per heavy atom. The molecule has 1 saturated heterocycles. The summed E-state index contributed by atoms with van der Waals surface area (Å²) in [6.45, 7) is 5.92. The molecule has 0 bridgehead atoms. The highest BCUT2D eigenvalue weighted by atomic mass is 16.7. The van der Waals surface area contributed by atoms with Crippen molar-refractivity contribution in [1.29, 1.82) is 0 Å². The maximum absolute atomic E-state index is 5.69. The number of nitrogens with one attached hydrogen (secondary N) is 1. The maximum atomic E-state index is 5.69. The Morgan fingerprint density at radius 3 is 2.53 bits per heavy atom. The van der Waals surface area contributed by atoms with Gasteiger partial charge < -0.3 is 19.5 Å². The molecule has 1 heterocycles. The van der Waals surface area contributed by atoms with Crippen molar-refractivity contribution in [3.05, 3.63) is 0 Å². The molecule has 0 aromatic heterocycles. The molecule has 1 fully saturated rings. The highest BCUT2D eigenvalue weighted by Crippen LogP contribution is 2.24. The van der Waals surface area contributed by atoms with E-state index in [-0.39, 0.29) is 17.9 Å². The van der Waals surface area contributed by atoms with E-state index in [4.69, 9.17) is 14.2 Å². The lowest BCUT2D eigenvalue weighted by molar-refractivity contribution is -0.121. The fraction of sp³-hybridized carbons (Fsp3) is 1.00. The van der Waals surface area contributed by atoms with Gasteiger partial charge in [0.1, 0.15) is 0 Å². The zero-order valence-electron chi connectivity index (χ0n) is 10.2. The molecule has 0 amide bonds. The molecule has 0 radical (unpaired) electrons. The summed E-state index contributed by atoms with van der Waals surface area (Å²) in [5, 5.41) is 3.39. The maximum Gasteiger partial charge on any atom is 0.171 e. The summed E-state index contributed by atoms with van der Waals surface area (Å²) in [5.41, 5.74) is -0.0136. The molecule has 2 atom stereocenters. The van der Waals surface area contributed by atoms with Crippen molar-refractivity contribution < 1.29 is 14.2 Å². The van der Waals surface area contributed by atoms with E-state index >= 15 is 0 Å². The lowest BCUT2D eigenvalue weighted by atomic mass is 10.0. The third-order valence-electron chi connectivity index (χ3n) is 2.97. The van der Waals surface area contributed by atoms with Crippen LogP contribution in [0.1, 0.15) is 26.7 Å². The molecule has 1 aliphatic rings. The SMILES string of the molecule is COC(OC)C(C)NCC1(C)CCCO1. The first kappa shape index (κ1) is 12.9. The van der Waals surface area contributed by atoms with Crippen LogP contribution in [0.4, 0.5) is 0 Å². The van der Waals surface area contributed by atoms with Crippen LogP contribution in [0.25, 0.3) is 0 Å². The highest BCUT2D eigenvalue weighted by Gasteiger charge is 2.30. The monoisotopic (exact) mass is 217 g/mol. The van der Waals surface area contributed by atoms with Crippen LogP contribution in [-0.2, 0) is 14.2 Å².